The van der Waals surface area contributed by atoms with Crippen LogP contribution >= 0.6 is 11.8 Å². The fourth-order valence-electron chi connectivity index (χ4n) is 3.42. The minimum absolute atomic E-state index is 0.0449. The lowest BCUT2D eigenvalue weighted by molar-refractivity contribution is -0.157. The molecule has 2 atom stereocenters. The number of ether oxygens (including phenoxy) is 1. The molecular weight excluding hydrogens is 314 g/mol. The molecule has 0 saturated carbocycles. The Bertz CT molecular complexity index is 579. The number of carboxylic acid groups (broad SMARTS) is 1. The van der Waals surface area contributed by atoms with Gasteiger partial charge in [-0.15, -0.1) is 11.8 Å². The second-order valence-electron chi connectivity index (χ2n) is 6.17. The molecule has 0 aromatic heterocycles. The quantitative estimate of drug-likeness (QED) is 0.835. The molecule has 2 heterocycles. The van der Waals surface area contributed by atoms with Crippen molar-refractivity contribution in [3.05, 3.63) is 30.3 Å². The van der Waals surface area contributed by atoms with Gasteiger partial charge >= 0.3 is 5.97 Å². The lowest BCUT2D eigenvalue weighted by atomic mass is 9.74. The molecule has 1 N–H and O–H groups in total. The van der Waals surface area contributed by atoms with Crippen LogP contribution in [0.25, 0.3) is 0 Å². The third-order valence-corrected chi connectivity index (χ3v) is 5.83. The Hall–Kier alpha value is -1.53. The van der Waals surface area contributed by atoms with Gasteiger partial charge in [-0.3, -0.25) is 9.59 Å². The Kier molecular flexibility index (Phi) is 4.92. The molecule has 5 nitrogen and oxygen atoms in total. The van der Waals surface area contributed by atoms with Crippen molar-refractivity contribution in [2.24, 2.45) is 11.3 Å². The van der Waals surface area contributed by atoms with Crippen LogP contribution in [0.3, 0.4) is 0 Å². The Morgan fingerprint density at radius 1 is 1.35 bits per heavy atom. The number of thioether (sulfide) groups is 1. The number of carbonyl (C=O) groups excluding carboxylic acids is 1. The molecule has 0 aliphatic carbocycles. The zero-order chi connectivity index (χ0) is 16.3. The maximum absolute atomic E-state index is 12.4. The summed E-state index contributed by atoms with van der Waals surface area (Å²) >= 11 is 1.65. The summed E-state index contributed by atoms with van der Waals surface area (Å²) in [5.74, 6) is -0.122. The van der Waals surface area contributed by atoms with Gasteiger partial charge in [0.2, 0.25) is 5.91 Å². The summed E-state index contributed by atoms with van der Waals surface area (Å²) in [6, 6.07) is 9.97. The van der Waals surface area contributed by atoms with E-state index in [1.807, 2.05) is 30.3 Å². The highest BCUT2D eigenvalue weighted by molar-refractivity contribution is 7.99. The summed E-state index contributed by atoms with van der Waals surface area (Å²) in [4.78, 5) is 27.0. The molecule has 6 heteroatoms. The van der Waals surface area contributed by atoms with Gasteiger partial charge in [0.05, 0.1) is 12.0 Å². The second-order valence-corrected chi connectivity index (χ2v) is 7.34. The van der Waals surface area contributed by atoms with Gasteiger partial charge in [0, 0.05) is 42.7 Å². The van der Waals surface area contributed by atoms with Crippen LogP contribution < -0.4 is 0 Å². The Balaban J connectivity index is 1.55. The van der Waals surface area contributed by atoms with Crippen LogP contribution in [0, 0.1) is 11.3 Å². The molecule has 0 bridgehead atoms. The van der Waals surface area contributed by atoms with Crippen LogP contribution in [0.15, 0.2) is 35.2 Å². The van der Waals surface area contributed by atoms with Gasteiger partial charge in [-0.2, -0.15) is 0 Å². The summed E-state index contributed by atoms with van der Waals surface area (Å²) in [6.07, 6.45) is 0.929. The molecule has 2 fully saturated rings. The largest absolute Gasteiger partial charge is 0.481 e. The van der Waals surface area contributed by atoms with Crippen LogP contribution in [0.1, 0.15) is 12.8 Å². The number of aliphatic carboxylic acids is 1. The highest BCUT2D eigenvalue weighted by atomic mass is 32.2. The number of benzene rings is 1. The van der Waals surface area contributed by atoms with Gasteiger partial charge in [0.1, 0.15) is 0 Å². The monoisotopic (exact) mass is 335 g/mol. The van der Waals surface area contributed by atoms with Crippen molar-refractivity contribution in [2.45, 2.75) is 17.7 Å². The molecule has 0 spiro atoms. The van der Waals surface area contributed by atoms with E-state index < -0.39 is 11.4 Å². The number of nitrogens with zero attached hydrogens (tertiary/aromatic N) is 1. The Morgan fingerprint density at radius 2 is 2.13 bits per heavy atom. The Labute approximate surface area is 140 Å². The number of carbonyl (C=O) groups is 2. The van der Waals surface area contributed by atoms with Crippen molar-refractivity contribution >= 4 is 23.6 Å². The molecule has 1 aromatic carbocycles. The molecule has 2 aliphatic rings. The average molecular weight is 335 g/mol. The van der Waals surface area contributed by atoms with Gasteiger partial charge in [0.25, 0.3) is 0 Å². The van der Waals surface area contributed by atoms with Gasteiger partial charge in [-0.1, -0.05) is 18.2 Å². The first-order valence-electron chi connectivity index (χ1n) is 7.88. The van der Waals surface area contributed by atoms with Gasteiger partial charge in [0.15, 0.2) is 0 Å². The number of fused-ring (bicyclic) bond motifs is 1. The smallest absolute Gasteiger partial charge is 0.311 e. The zero-order valence-corrected chi connectivity index (χ0v) is 13.8. The van der Waals surface area contributed by atoms with Crippen LogP contribution in [0.2, 0.25) is 0 Å². The second kappa shape index (κ2) is 6.93. The summed E-state index contributed by atoms with van der Waals surface area (Å²) < 4.78 is 5.42. The van der Waals surface area contributed by atoms with E-state index in [0.29, 0.717) is 44.9 Å². The van der Waals surface area contributed by atoms with Crippen molar-refractivity contribution in [2.75, 3.05) is 32.1 Å². The fraction of sp³-hybridized carbons (Fsp3) is 0.529. The molecule has 0 radical (unpaired) electrons. The van der Waals surface area contributed by atoms with Crippen LogP contribution in [0.5, 0.6) is 0 Å². The van der Waals surface area contributed by atoms with Crippen molar-refractivity contribution in [1.29, 1.82) is 0 Å². The molecule has 23 heavy (non-hydrogen) atoms. The van der Waals surface area contributed by atoms with Crippen molar-refractivity contribution < 1.29 is 19.4 Å². The minimum atomic E-state index is -0.805. The van der Waals surface area contributed by atoms with Crippen molar-refractivity contribution in [3.63, 3.8) is 0 Å². The maximum Gasteiger partial charge on any atom is 0.311 e. The third-order valence-electron chi connectivity index (χ3n) is 4.81. The molecule has 2 saturated heterocycles. The highest BCUT2D eigenvalue weighted by Gasteiger charge is 2.54. The first-order chi connectivity index (χ1) is 11.1. The van der Waals surface area contributed by atoms with E-state index in [1.165, 1.54) is 0 Å². The molecule has 0 unspecified atom stereocenters. The van der Waals surface area contributed by atoms with Crippen molar-refractivity contribution in [1.82, 2.24) is 4.90 Å². The average Bonchev–Trinajstić information content (AvgIpc) is 2.97. The first kappa shape index (κ1) is 16.3. The van der Waals surface area contributed by atoms with E-state index in [2.05, 4.69) is 0 Å². The van der Waals surface area contributed by atoms with Crippen molar-refractivity contribution in [3.8, 4) is 0 Å². The van der Waals surface area contributed by atoms with Gasteiger partial charge in [-0.25, -0.2) is 0 Å². The maximum atomic E-state index is 12.4. The normalized spacial score (nSPS) is 26.8. The third kappa shape index (κ3) is 3.38. The predicted molar refractivity (Wildman–Crippen MR) is 87.4 cm³/mol. The van der Waals surface area contributed by atoms with E-state index >= 15 is 0 Å². The summed E-state index contributed by atoms with van der Waals surface area (Å²) in [5.41, 5.74) is -0.805. The molecule has 2 aliphatic heterocycles. The van der Waals surface area contributed by atoms with Gasteiger partial charge < -0.3 is 14.7 Å². The van der Waals surface area contributed by atoms with Gasteiger partial charge in [-0.05, 0) is 18.6 Å². The standard InChI is InChI=1S/C17H21NO4S/c19-15(6-9-23-14-4-2-1-3-5-14)18-10-13-11-22-8-7-17(13,12-18)16(20)21/h1-5,13H,6-12H2,(H,20,21)/t13-,17+/m0/s1. The number of hydrogen-bond acceptors (Lipinski definition) is 4. The van der Waals surface area contributed by atoms with E-state index in [1.54, 1.807) is 16.7 Å². The predicted octanol–water partition coefficient (Wildman–Crippen LogP) is 2.12. The SMILES string of the molecule is O=C(CCSc1ccccc1)N1C[C@H]2COCC[C@@]2(C(=O)O)C1. The number of amides is 1. The van der Waals surface area contributed by atoms with Crippen LogP contribution in [0.4, 0.5) is 0 Å². The van der Waals surface area contributed by atoms with E-state index in [9.17, 15) is 14.7 Å². The molecule has 1 aromatic rings. The lowest BCUT2D eigenvalue weighted by Gasteiger charge is -2.33. The highest BCUT2D eigenvalue weighted by Crippen LogP contribution is 2.42. The molecule has 1 amide bonds. The molecule has 3 rings (SSSR count). The van der Waals surface area contributed by atoms with E-state index in [0.717, 1.165) is 4.90 Å². The van der Waals surface area contributed by atoms with Crippen LogP contribution in [-0.4, -0.2) is 53.9 Å². The first-order valence-corrected chi connectivity index (χ1v) is 8.87. The number of likely N-dealkylation sites (tertiary alicyclic amines) is 1. The summed E-state index contributed by atoms with van der Waals surface area (Å²) in [7, 11) is 0. The fourth-order valence-corrected chi connectivity index (χ4v) is 4.28. The Morgan fingerprint density at radius 3 is 2.83 bits per heavy atom. The number of carboxylic acids is 1. The summed E-state index contributed by atoms with van der Waals surface area (Å²) in [6.45, 7) is 1.73. The number of hydrogen-bond donors (Lipinski definition) is 1. The molecule has 124 valence electrons. The van der Waals surface area contributed by atoms with E-state index in [-0.39, 0.29) is 11.8 Å². The topological polar surface area (TPSA) is 66.8 Å². The lowest BCUT2D eigenvalue weighted by Crippen LogP contribution is -2.45. The van der Waals surface area contributed by atoms with Crippen LogP contribution in [-0.2, 0) is 14.3 Å². The molecular formula is C17H21NO4S. The minimum Gasteiger partial charge on any atom is -0.481 e. The summed E-state index contributed by atoms with van der Waals surface area (Å²) in [5, 5.41) is 9.63. The number of rotatable bonds is 5. The zero-order valence-electron chi connectivity index (χ0n) is 12.9. The van der Waals surface area contributed by atoms with E-state index in [4.69, 9.17) is 4.74 Å².